The van der Waals surface area contributed by atoms with Gasteiger partial charge in [0.25, 0.3) is 5.91 Å². The van der Waals surface area contributed by atoms with Crippen LogP contribution in [-0.4, -0.2) is 45.3 Å². The average Bonchev–Trinajstić information content (AvgIpc) is 3.27. The fourth-order valence-corrected chi connectivity index (χ4v) is 4.20. The number of aromatic nitrogens is 2. The number of hydrogen-bond acceptors (Lipinski definition) is 4. The Morgan fingerprint density at radius 2 is 1.95 bits per heavy atom. The van der Waals surface area contributed by atoms with Gasteiger partial charge in [-0.05, 0) is 42.3 Å². The van der Waals surface area contributed by atoms with Crippen molar-refractivity contribution >= 4 is 17.5 Å². The molecule has 1 aromatic heterocycles. The van der Waals surface area contributed by atoms with Gasteiger partial charge < -0.3 is 15.3 Å². The molecule has 4 rings (SSSR count). The molecule has 1 aliphatic heterocycles. The topological polar surface area (TPSA) is 87.5 Å². The maximum atomic E-state index is 13.9. The van der Waals surface area contributed by atoms with Crippen molar-refractivity contribution in [2.75, 3.05) is 19.0 Å². The van der Waals surface area contributed by atoms with Gasteiger partial charge >= 0.3 is 6.18 Å². The van der Waals surface area contributed by atoms with Crippen LogP contribution in [0.3, 0.4) is 0 Å². The lowest BCUT2D eigenvalue weighted by atomic mass is 9.85. The van der Waals surface area contributed by atoms with Crippen LogP contribution in [0.4, 0.5) is 23.2 Å². The third kappa shape index (κ3) is 5.56. The molecule has 3 aromatic rings. The number of halogens is 4. The highest BCUT2D eigenvalue weighted by Gasteiger charge is 2.36. The number of nitrogens with zero attached hydrogens (tertiary/aromatic N) is 3. The van der Waals surface area contributed by atoms with Crippen LogP contribution in [0.1, 0.15) is 29.2 Å². The first-order valence-corrected chi connectivity index (χ1v) is 11.4. The lowest BCUT2D eigenvalue weighted by Gasteiger charge is -2.28. The highest BCUT2D eigenvalue weighted by atomic mass is 19.4. The third-order valence-corrected chi connectivity index (χ3v) is 6.16. The van der Waals surface area contributed by atoms with Crippen LogP contribution in [0, 0.1) is 12.7 Å². The lowest BCUT2D eigenvalue weighted by molar-refractivity contribution is -0.144. The van der Waals surface area contributed by atoms with E-state index in [1.54, 1.807) is 25.1 Å². The van der Waals surface area contributed by atoms with E-state index in [1.807, 2.05) is 0 Å². The molecule has 2 aromatic carbocycles. The number of anilines is 1. The summed E-state index contributed by atoms with van der Waals surface area (Å²) >= 11 is 0. The first-order valence-electron chi connectivity index (χ1n) is 11.4. The van der Waals surface area contributed by atoms with Gasteiger partial charge in [0.15, 0.2) is 0 Å². The summed E-state index contributed by atoms with van der Waals surface area (Å²) in [6.45, 7) is 0.879. The summed E-state index contributed by atoms with van der Waals surface area (Å²) in [7, 11) is 1.52. The van der Waals surface area contributed by atoms with E-state index in [1.165, 1.54) is 42.4 Å². The van der Waals surface area contributed by atoms with Gasteiger partial charge in [0, 0.05) is 42.4 Å². The normalized spacial score (nSPS) is 16.1. The van der Waals surface area contributed by atoms with Gasteiger partial charge in [-0.15, -0.1) is 0 Å². The summed E-state index contributed by atoms with van der Waals surface area (Å²) in [5.41, 5.74) is 1.05. The molecule has 11 heteroatoms. The second kappa shape index (κ2) is 10.2. The molecule has 0 aliphatic carbocycles. The van der Waals surface area contributed by atoms with Crippen molar-refractivity contribution in [3.05, 3.63) is 82.9 Å². The summed E-state index contributed by atoms with van der Waals surface area (Å²) in [5.74, 6) is -1.93. The van der Waals surface area contributed by atoms with Crippen LogP contribution >= 0.6 is 0 Å². The van der Waals surface area contributed by atoms with Crippen molar-refractivity contribution in [1.82, 2.24) is 14.7 Å². The van der Waals surface area contributed by atoms with Gasteiger partial charge in [-0.1, -0.05) is 24.3 Å². The minimum absolute atomic E-state index is 0.0242. The van der Waals surface area contributed by atoms with Gasteiger partial charge in [0.2, 0.25) is 5.91 Å². The van der Waals surface area contributed by atoms with Crippen molar-refractivity contribution < 1.29 is 32.3 Å². The van der Waals surface area contributed by atoms with E-state index in [0.717, 1.165) is 6.07 Å². The van der Waals surface area contributed by atoms with Crippen LogP contribution < -0.4 is 5.32 Å². The highest BCUT2D eigenvalue weighted by molar-refractivity contribution is 6.07. The first-order chi connectivity index (χ1) is 17.5. The summed E-state index contributed by atoms with van der Waals surface area (Å²) < 4.78 is 54.8. The van der Waals surface area contributed by atoms with Crippen LogP contribution in [0.2, 0.25) is 0 Å². The van der Waals surface area contributed by atoms with Gasteiger partial charge in [0.05, 0.1) is 18.8 Å². The number of aryl methyl sites for hydroxylation is 1. The second-order valence-electron chi connectivity index (χ2n) is 8.74. The Balaban J connectivity index is 1.67. The smallest absolute Gasteiger partial charge is 0.394 e. The Labute approximate surface area is 210 Å². The summed E-state index contributed by atoms with van der Waals surface area (Å²) in [6.07, 6.45) is -3.28. The van der Waals surface area contributed by atoms with E-state index in [0.29, 0.717) is 27.1 Å². The molecule has 0 fully saturated rings. The van der Waals surface area contributed by atoms with Gasteiger partial charge in [-0.2, -0.15) is 18.3 Å². The molecule has 2 heterocycles. The van der Waals surface area contributed by atoms with E-state index in [9.17, 15) is 27.2 Å². The van der Waals surface area contributed by atoms with Crippen molar-refractivity contribution in [2.24, 2.45) is 0 Å². The quantitative estimate of drug-likeness (QED) is 0.473. The summed E-state index contributed by atoms with van der Waals surface area (Å²) in [4.78, 5) is 27.0. The molecule has 2 N–H and O–H groups in total. The Morgan fingerprint density at radius 3 is 2.62 bits per heavy atom. The maximum absolute atomic E-state index is 13.9. The fraction of sp³-hybridized carbons (Fsp3) is 0.269. The molecule has 0 bridgehead atoms. The zero-order valence-corrected chi connectivity index (χ0v) is 20.0. The molecule has 7 nitrogen and oxygen atoms in total. The number of carbonyl (C=O) groups excluding carboxylic acids is 2. The van der Waals surface area contributed by atoms with Crippen molar-refractivity contribution in [3.8, 4) is 11.3 Å². The van der Waals surface area contributed by atoms with Crippen LogP contribution in [0.5, 0.6) is 0 Å². The molecule has 0 radical (unpaired) electrons. The number of alkyl halides is 3. The predicted molar refractivity (Wildman–Crippen MR) is 128 cm³/mol. The second-order valence-corrected chi connectivity index (χ2v) is 8.74. The number of amides is 2. The molecule has 37 heavy (non-hydrogen) atoms. The summed E-state index contributed by atoms with van der Waals surface area (Å²) in [5, 5.41) is 15.9. The van der Waals surface area contributed by atoms with Crippen LogP contribution in [0.25, 0.3) is 11.3 Å². The zero-order chi connectivity index (χ0) is 26.9. The Bertz CT molecular complexity index is 1380. The van der Waals surface area contributed by atoms with Crippen LogP contribution in [-0.2, 0) is 22.3 Å². The zero-order valence-electron chi connectivity index (χ0n) is 20.0. The van der Waals surface area contributed by atoms with Gasteiger partial charge in [-0.3, -0.25) is 14.3 Å². The molecular weight excluding hydrogens is 492 g/mol. The van der Waals surface area contributed by atoms with E-state index < -0.39 is 36.1 Å². The predicted octanol–water partition coefficient (Wildman–Crippen LogP) is 4.48. The Morgan fingerprint density at radius 1 is 1.19 bits per heavy atom. The molecule has 0 unspecified atom stereocenters. The van der Waals surface area contributed by atoms with Gasteiger partial charge in [0.1, 0.15) is 11.5 Å². The molecule has 0 saturated carbocycles. The fourth-order valence-electron chi connectivity index (χ4n) is 4.20. The van der Waals surface area contributed by atoms with E-state index in [2.05, 4.69) is 10.4 Å². The standard InChI is InChI=1S/C26H24F4N4O3/c1-15-6-7-17(22-13-23(26(28,29)30)34(32-22)8-9-35)11-21(15)31-25(37)20-14-33(2)24(36)12-19(20)16-4-3-5-18(27)10-16/h3-7,10-11,13-14,19,35H,8-9,12H2,1-2H3,(H,31,37)/t19-/m0/s1. The number of nitrogens with one attached hydrogen (secondary N) is 1. The van der Waals surface area contributed by atoms with Crippen molar-refractivity contribution in [2.45, 2.75) is 32.0 Å². The summed E-state index contributed by atoms with van der Waals surface area (Å²) in [6, 6.07) is 11.3. The number of aliphatic hydroxyl groups excluding tert-OH is 1. The first kappa shape index (κ1) is 26.1. The number of carbonyl (C=O) groups is 2. The van der Waals surface area contributed by atoms with Crippen molar-refractivity contribution in [1.29, 1.82) is 0 Å². The molecule has 2 amide bonds. The molecule has 1 atom stereocenters. The molecule has 0 saturated heterocycles. The lowest BCUT2D eigenvalue weighted by Crippen LogP contribution is -2.33. The largest absolute Gasteiger partial charge is 0.433 e. The van der Waals surface area contributed by atoms with E-state index in [-0.39, 0.29) is 30.1 Å². The number of benzene rings is 2. The third-order valence-electron chi connectivity index (χ3n) is 6.16. The molecule has 1 aliphatic rings. The van der Waals surface area contributed by atoms with E-state index in [4.69, 9.17) is 5.11 Å². The van der Waals surface area contributed by atoms with Crippen molar-refractivity contribution in [3.63, 3.8) is 0 Å². The Hall–Kier alpha value is -3.99. The molecular formula is C26H24F4N4O3. The maximum Gasteiger partial charge on any atom is 0.433 e. The van der Waals surface area contributed by atoms with Gasteiger partial charge in [-0.25, -0.2) is 4.39 Å². The minimum atomic E-state index is -4.66. The minimum Gasteiger partial charge on any atom is -0.394 e. The van der Waals surface area contributed by atoms with Crippen LogP contribution in [0.15, 0.2) is 60.3 Å². The average molecular weight is 516 g/mol. The molecule has 0 spiro atoms. The molecule has 194 valence electrons. The number of aliphatic hydroxyl groups is 1. The monoisotopic (exact) mass is 516 g/mol. The SMILES string of the molecule is Cc1ccc(-c2cc(C(F)(F)F)n(CCO)n2)cc1NC(=O)C1=CN(C)C(=O)C[C@H]1c1cccc(F)c1. The number of hydrogen-bond donors (Lipinski definition) is 2. The van der Waals surface area contributed by atoms with E-state index >= 15 is 0 Å². The highest BCUT2D eigenvalue weighted by Crippen LogP contribution is 2.35. The Kier molecular flexibility index (Phi) is 7.17. The number of rotatable bonds is 6.